The van der Waals surface area contributed by atoms with E-state index in [4.69, 9.17) is 23.7 Å². The molecule has 0 radical (unpaired) electrons. The van der Waals surface area contributed by atoms with E-state index in [1.165, 1.54) is 27.0 Å². The lowest BCUT2D eigenvalue weighted by molar-refractivity contribution is 0.0718. The second-order valence-corrected chi connectivity index (χ2v) is 13.3. The average molecular weight is 861 g/mol. The molecule has 0 aliphatic carbocycles. The summed E-state index contributed by atoms with van der Waals surface area (Å²) in [5.41, 5.74) is 2.17. The van der Waals surface area contributed by atoms with Crippen molar-refractivity contribution in [3.63, 3.8) is 0 Å². The van der Waals surface area contributed by atoms with Crippen molar-refractivity contribution in [1.82, 2.24) is 0 Å². The van der Waals surface area contributed by atoms with E-state index in [2.05, 4.69) is 31.9 Å². The summed E-state index contributed by atoms with van der Waals surface area (Å²) in [7, 11) is 1.35. The Bertz CT molecular complexity index is 2200. The van der Waals surface area contributed by atoms with Gasteiger partial charge in [0.05, 0.1) is 11.6 Å². The van der Waals surface area contributed by atoms with Crippen molar-refractivity contribution in [3.05, 3.63) is 181 Å². The number of ether oxygens (including phenoxy) is 5. The van der Waals surface area contributed by atoms with Gasteiger partial charge in [-0.05, 0) is 87.2 Å². The van der Waals surface area contributed by atoms with E-state index >= 15 is 0 Å². The van der Waals surface area contributed by atoms with E-state index in [0.717, 1.165) is 11.1 Å². The SMILES string of the molecule is COc1c(F)c(C)c(C(=O)Oc2ccccc2)c(OCc2ccccc2)c1Br.Cc1c(F)cc(Br)c(OCc2ccccc2)c1C(=O)Oc1ccccc1. The van der Waals surface area contributed by atoms with Crippen LogP contribution in [0.1, 0.15) is 43.0 Å². The summed E-state index contributed by atoms with van der Waals surface area (Å²) >= 11 is 6.59. The van der Waals surface area contributed by atoms with E-state index in [0.29, 0.717) is 16.0 Å². The van der Waals surface area contributed by atoms with E-state index < -0.39 is 23.6 Å². The minimum atomic E-state index is -0.714. The molecule has 0 aliphatic heterocycles. The average Bonchev–Trinajstić information content (AvgIpc) is 3.18. The first-order valence-corrected chi connectivity index (χ1v) is 18.1. The highest BCUT2D eigenvalue weighted by atomic mass is 79.9. The molecule has 0 saturated carbocycles. The van der Waals surface area contributed by atoms with Crippen LogP contribution >= 0.6 is 31.9 Å². The number of benzene rings is 6. The van der Waals surface area contributed by atoms with Gasteiger partial charge in [-0.3, -0.25) is 0 Å². The summed E-state index contributed by atoms with van der Waals surface area (Å²) in [6, 6.07) is 37.5. The fourth-order valence-corrected chi connectivity index (χ4v) is 6.32. The van der Waals surface area contributed by atoms with Gasteiger partial charge in [0.1, 0.15) is 51.9 Å². The van der Waals surface area contributed by atoms with Crippen molar-refractivity contribution < 1.29 is 42.1 Å². The molecule has 6 rings (SSSR count). The number of esters is 2. The number of carbonyl (C=O) groups excluding carboxylic acids is 2. The van der Waals surface area contributed by atoms with Gasteiger partial charge in [-0.25, -0.2) is 18.4 Å². The molecule has 11 heteroatoms. The van der Waals surface area contributed by atoms with E-state index in [9.17, 15) is 18.4 Å². The Kier molecular flexibility index (Phi) is 14.0. The van der Waals surface area contributed by atoms with Crippen molar-refractivity contribution in [2.45, 2.75) is 27.1 Å². The number of halogens is 4. The molecule has 0 fully saturated rings. The van der Waals surface area contributed by atoms with Gasteiger partial charge < -0.3 is 23.7 Å². The standard InChI is InChI=1S/C22H18BrFO4.C21H16BrFO3/c1-14-17(22(25)28-16-11-7-4-8-12-16)20(18(23)21(26-2)19(14)24)27-13-15-9-5-3-6-10-15;1-14-18(23)12-17(22)20(25-13-15-8-4-2-5-9-15)19(14)21(24)26-16-10-6-3-7-11-16/h3-12H,13H2,1-2H3;2-12H,13H2,1H3. The first kappa shape index (κ1) is 39.7. The molecule has 0 N–H and O–H groups in total. The van der Waals surface area contributed by atoms with Crippen molar-refractivity contribution >= 4 is 43.8 Å². The Balaban J connectivity index is 0.000000208. The third-order valence-electron chi connectivity index (χ3n) is 7.93. The smallest absolute Gasteiger partial charge is 0.347 e. The predicted molar refractivity (Wildman–Crippen MR) is 209 cm³/mol. The lowest BCUT2D eigenvalue weighted by atomic mass is 10.1. The molecule has 54 heavy (non-hydrogen) atoms. The number of carbonyl (C=O) groups is 2. The second-order valence-electron chi connectivity index (χ2n) is 11.6. The molecule has 276 valence electrons. The lowest BCUT2D eigenvalue weighted by Crippen LogP contribution is -2.15. The monoisotopic (exact) mass is 858 g/mol. The Morgan fingerprint density at radius 2 is 0.981 bits per heavy atom. The van der Waals surface area contributed by atoms with Gasteiger partial charge in [0.2, 0.25) is 0 Å². The van der Waals surface area contributed by atoms with Crippen molar-refractivity contribution in [2.75, 3.05) is 7.11 Å². The minimum Gasteiger partial charge on any atom is -0.492 e. The third kappa shape index (κ3) is 9.91. The van der Waals surface area contributed by atoms with Crippen LogP contribution in [0.3, 0.4) is 0 Å². The first-order chi connectivity index (χ1) is 26.1. The van der Waals surface area contributed by atoms with Crippen LogP contribution in [0.25, 0.3) is 0 Å². The molecule has 0 unspecified atom stereocenters. The van der Waals surface area contributed by atoms with Crippen LogP contribution in [0, 0.1) is 25.5 Å². The molecule has 7 nitrogen and oxygen atoms in total. The van der Waals surface area contributed by atoms with Gasteiger partial charge in [-0.1, -0.05) is 97.1 Å². The molecule has 0 saturated heterocycles. The van der Waals surface area contributed by atoms with Crippen LogP contribution < -0.4 is 23.7 Å². The van der Waals surface area contributed by atoms with Gasteiger partial charge in [-0.2, -0.15) is 0 Å². The highest BCUT2D eigenvalue weighted by molar-refractivity contribution is 9.11. The quantitative estimate of drug-likeness (QED) is 0.0948. The van der Waals surface area contributed by atoms with Crippen LogP contribution in [-0.2, 0) is 13.2 Å². The maximum absolute atomic E-state index is 14.7. The molecule has 0 aromatic heterocycles. The number of methoxy groups -OCH3 is 1. The molecule has 0 atom stereocenters. The summed E-state index contributed by atoms with van der Waals surface area (Å²) in [6.45, 7) is 3.45. The Labute approximate surface area is 328 Å². The van der Waals surface area contributed by atoms with E-state index in [1.54, 1.807) is 54.6 Å². The van der Waals surface area contributed by atoms with Crippen LogP contribution in [0.15, 0.2) is 136 Å². The minimum absolute atomic E-state index is 0.00459. The van der Waals surface area contributed by atoms with Crippen LogP contribution in [-0.4, -0.2) is 19.0 Å². The van der Waals surface area contributed by atoms with Crippen LogP contribution in [0.2, 0.25) is 0 Å². The maximum atomic E-state index is 14.7. The van der Waals surface area contributed by atoms with Crippen LogP contribution in [0.5, 0.6) is 28.7 Å². The topological polar surface area (TPSA) is 80.3 Å². The number of hydrogen-bond donors (Lipinski definition) is 0. The zero-order valence-corrected chi connectivity index (χ0v) is 32.6. The number of hydrogen-bond acceptors (Lipinski definition) is 7. The molecule has 0 amide bonds. The largest absolute Gasteiger partial charge is 0.492 e. The third-order valence-corrected chi connectivity index (χ3v) is 9.24. The summed E-state index contributed by atoms with van der Waals surface area (Å²) in [4.78, 5) is 25.5. The second kappa shape index (κ2) is 19.0. The Morgan fingerprint density at radius 1 is 0.574 bits per heavy atom. The molecule has 0 aliphatic rings. The molecule has 0 bridgehead atoms. The zero-order valence-electron chi connectivity index (χ0n) is 29.4. The van der Waals surface area contributed by atoms with Gasteiger partial charge >= 0.3 is 11.9 Å². The lowest BCUT2D eigenvalue weighted by Gasteiger charge is -2.18. The number of para-hydroxylation sites is 2. The normalized spacial score (nSPS) is 10.4. The fraction of sp³-hybridized carbons (Fsp3) is 0.116. The first-order valence-electron chi connectivity index (χ1n) is 16.5. The summed E-state index contributed by atoms with van der Waals surface area (Å²) < 4.78 is 57.2. The van der Waals surface area contributed by atoms with Gasteiger partial charge in [0, 0.05) is 11.1 Å². The molecular formula is C43H34Br2F2O7. The summed E-state index contributed by atoms with van der Waals surface area (Å²) in [6.07, 6.45) is 0. The summed E-state index contributed by atoms with van der Waals surface area (Å²) in [5.74, 6) is -1.41. The molecule has 0 heterocycles. The highest BCUT2D eigenvalue weighted by Gasteiger charge is 2.29. The van der Waals surface area contributed by atoms with Crippen LogP contribution in [0.4, 0.5) is 8.78 Å². The molecule has 6 aromatic rings. The molecule has 6 aromatic carbocycles. The fourth-order valence-electron chi connectivity index (χ4n) is 5.15. The van der Waals surface area contributed by atoms with E-state index in [-0.39, 0.29) is 57.2 Å². The van der Waals surface area contributed by atoms with Crippen molar-refractivity contribution in [2.24, 2.45) is 0 Å². The zero-order chi connectivity index (χ0) is 38.6. The van der Waals surface area contributed by atoms with Gasteiger partial charge in [-0.15, -0.1) is 0 Å². The highest BCUT2D eigenvalue weighted by Crippen LogP contribution is 2.43. The Morgan fingerprint density at radius 3 is 1.43 bits per heavy atom. The Hall–Kier alpha value is -5.52. The van der Waals surface area contributed by atoms with Crippen molar-refractivity contribution in [1.29, 1.82) is 0 Å². The molecular weight excluding hydrogens is 826 g/mol. The van der Waals surface area contributed by atoms with Gasteiger partial charge in [0.15, 0.2) is 17.3 Å². The van der Waals surface area contributed by atoms with E-state index in [1.807, 2.05) is 66.7 Å². The van der Waals surface area contributed by atoms with Crippen molar-refractivity contribution in [3.8, 4) is 28.7 Å². The predicted octanol–water partition coefficient (Wildman–Crippen LogP) is 11.4. The maximum Gasteiger partial charge on any atom is 0.347 e. The summed E-state index contributed by atoms with van der Waals surface area (Å²) in [5, 5.41) is 0. The van der Waals surface area contributed by atoms with Gasteiger partial charge in [0.25, 0.3) is 0 Å². The number of rotatable bonds is 11. The molecule has 0 spiro atoms.